The minimum atomic E-state index is -0.683. The van der Waals surface area contributed by atoms with Gasteiger partial charge in [-0.3, -0.25) is 20.2 Å². The van der Waals surface area contributed by atoms with Crippen molar-refractivity contribution in [3.05, 3.63) is 32.4 Å². The van der Waals surface area contributed by atoms with E-state index < -0.39 is 21.2 Å². The van der Waals surface area contributed by atoms with Crippen LogP contribution in [0.4, 0.5) is 11.4 Å². The van der Waals surface area contributed by atoms with E-state index in [1.54, 1.807) is 0 Å². The Morgan fingerprint density at radius 3 is 1.07 bits per heavy atom. The Morgan fingerprint density at radius 1 is 0.567 bits per heavy atom. The zero-order valence-corrected chi connectivity index (χ0v) is 17.1. The van der Waals surface area contributed by atoms with Crippen molar-refractivity contribution < 1.29 is 38.3 Å². The van der Waals surface area contributed by atoms with E-state index in [4.69, 9.17) is 28.4 Å². The molecule has 0 bridgehead atoms. The van der Waals surface area contributed by atoms with E-state index in [-0.39, 0.29) is 45.6 Å². The topological polar surface area (TPSA) is 142 Å². The van der Waals surface area contributed by atoms with Crippen LogP contribution in [-0.4, -0.2) is 52.5 Å². The Bertz CT molecular complexity index is 910. The van der Waals surface area contributed by atoms with Crippen molar-refractivity contribution in [2.24, 2.45) is 0 Å². The number of nitro benzene ring substituents is 2. The van der Waals surface area contributed by atoms with Crippen LogP contribution in [0.15, 0.2) is 12.1 Å². The summed E-state index contributed by atoms with van der Waals surface area (Å²) >= 11 is 0. The lowest BCUT2D eigenvalue weighted by atomic mass is 9.97. The molecule has 2 aromatic rings. The SMILES string of the molecule is COc1cc([N+](=O)[O-])c(OC)c(-c2c(OC)c(OC)cc([N+](=O)[O-])c2OC)c1OC. The summed E-state index contributed by atoms with van der Waals surface area (Å²) in [5.74, 6) is -0.462. The molecule has 0 unspecified atom stereocenters. The van der Waals surface area contributed by atoms with E-state index in [2.05, 4.69) is 0 Å². The van der Waals surface area contributed by atoms with Crippen LogP contribution in [0.5, 0.6) is 34.5 Å². The third-order valence-corrected chi connectivity index (χ3v) is 4.26. The fourth-order valence-electron chi connectivity index (χ4n) is 3.07. The van der Waals surface area contributed by atoms with Crippen molar-refractivity contribution in [3.8, 4) is 45.6 Å². The number of nitrogens with zero attached hydrogens (tertiary/aromatic N) is 2. The first-order valence-corrected chi connectivity index (χ1v) is 8.26. The maximum atomic E-state index is 11.7. The predicted molar refractivity (Wildman–Crippen MR) is 104 cm³/mol. The molecule has 0 atom stereocenters. The summed E-state index contributed by atoms with van der Waals surface area (Å²) in [5.41, 5.74) is -0.997. The van der Waals surface area contributed by atoms with E-state index in [1.807, 2.05) is 0 Å². The number of methoxy groups -OCH3 is 6. The number of benzene rings is 2. The highest BCUT2D eigenvalue weighted by atomic mass is 16.6. The van der Waals surface area contributed by atoms with Gasteiger partial charge in [0.05, 0.1) is 75.8 Å². The molecule has 0 saturated carbocycles. The smallest absolute Gasteiger partial charge is 0.315 e. The maximum absolute atomic E-state index is 11.7. The molecule has 0 heterocycles. The molecule has 12 nitrogen and oxygen atoms in total. The Hall–Kier alpha value is -3.96. The van der Waals surface area contributed by atoms with Crippen LogP contribution in [0.3, 0.4) is 0 Å². The van der Waals surface area contributed by atoms with E-state index >= 15 is 0 Å². The molecule has 0 aliphatic heterocycles. The standard InChI is InChI=1S/C18H20N2O10/c1-25-11-7-9(19(21)22)15(27-3)13(17(11)29-5)14-16(28-4)10(20(23)24)8-12(26-2)18(14)30-6/h7-8H,1-6H3. The maximum Gasteiger partial charge on any atom is 0.315 e. The van der Waals surface area contributed by atoms with Crippen LogP contribution in [-0.2, 0) is 0 Å². The molecule has 2 rings (SSSR count). The largest absolute Gasteiger partial charge is 0.493 e. The number of nitro groups is 2. The summed E-state index contributed by atoms with van der Waals surface area (Å²) in [5, 5.41) is 23.3. The highest BCUT2D eigenvalue weighted by Gasteiger charge is 2.36. The lowest BCUT2D eigenvalue weighted by Crippen LogP contribution is -2.05. The summed E-state index contributed by atoms with van der Waals surface area (Å²) < 4.78 is 31.9. The zero-order valence-electron chi connectivity index (χ0n) is 17.1. The van der Waals surface area contributed by atoms with Gasteiger partial charge < -0.3 is 28.4 Å². The van der Waals surface area contributed by atoms with Gasteiger partial charge in [-0.15, -0.1) is 0 Å². The average Bonchev–Trinajstić information content (AvgIpc) is 2.75. The Labute approximate surface area is 171 Å². The van der Waals surface area contributed by atoms with Gasteiger partial charge in [0.25, 0.3) is 0 Å². The molecule has 0 saturated heterocycles. The van der Waals surface area contributed by atoms with E-state index in [0.29, 0.717) is 0 Å². The highest BCUT2D eigenvalue weighted by Crippen LogP contribution is 2.58. The average molecular weight is 424 g/mol. The molecule has 0 aliphatic rings. The first-order valence-electron chi connectivity index (χ1n) is 8.26. The summed E-state index contributed by atoms with van der Waals surface area (Å²) in [7, 11) is 7.62. The Kier molecular flexibility index (Phi) is 6.72. The lowest BCUT2D eigenvalue weighted by molar-refractivity contribution is -0.386. The highest BCUT2D eigenvalue weighted by molar-refractivity contribution is 5.94. The second-order valence-electron chi connectivity index (χ2n) is 5.59. The Balaban J connectivity index is 3.24. The summed E-state index contributed by atoms with van der Waals surface area (Å²) in [6.45, 7) is 0. The monoisotopic (exact) mass is 424 g/mol. The Morgan fingerprint density at radius 2 is 0.867 bits per heavy atom. The molecule has 162 valence electrons. The van der Waals surface area contributed by atoms with E-state index in [0.717, 1.165) is 12.1 Å². The fourth-order valence-corrected chi connectivity index (χ4v) is 3.07. The molecule has 2 aromatic carbocycles. The van der Waals surface area contributed by atoms with Crippen molar-refractivity contribution in [1.29, 1.82) is 0 Å². The van der Waals surface area contributed by atoms with Crippen LogP contribution in [0, 0.1) is 20.2 Å². The summed E-state index contributed by atoms with van der Waals surface area (Å²) in [4.78, 5) is 22.0. The predicted octanol–water partition coefficient (Wildman–Crippen LogP) is 3.22. The molecule has 12 heteroatoms. The first-order chi connectivity index (χ1) is 14.3. The summed E-state index contributed by atoms with van der Waals surface area (Å²) in [6.07, 6.45) is 0. The second kappa shape index (κ2) is 9.03. The van der Waals surface area contributed by atoms with Crippen molar-refractivity contribution in [1.82, 2.24) is 0 Å². The van der Waals surface area contributed by atoms with Gasteiger partial charge in [-0.25, -0.2) is 0 Å². The molecular weight excluding hydrogens is 404 g/mol. The van der Waals surface area contributed by atoms with Crippen LogP contribution in [0.2, 0.25) is 0 Å². The van der Waals surface area contributed by atoms with Crippen molar-refractivity contribution in [2.45, 2.75) is 0 Å². The third kappa shape index (κ3) is 3.54. The van der Waals surface area contributed by atoms with Crippen LogP contribution >= 0.6 is 0 Å². The van der Waals surface area contributed by atoms with E-state index in [1.165, 1.54) is 42.7 Å². The normalized spacial score (nSPS) is 10.2. The lowest BCUT2D eigenvalue weighted by Gasteiger charge is -2.21. The quantitative estimate of drug-likeness (QED) is 0.435. The third-order valence-electron chi connectivity index (χ3n) is 4.26. The minimum Gasteiger partial charge on any atom is -0.493 e. The van der Waals surface area contributed by atoms with Crippen molar-refractivity contribution in [2.75, 3.05) is 42.7 Å². The molecule has 30 heavy (non-hydrogen) atoms. The number of hydrogen-bond donors (Lipinski definition) is 0. The van der Waals surface area contributed by atoms with Gasteiger partial charge in [0.2, 0.25) is 11.5 Å². The van der Waals surface area contributed by atoms with E-state index in [9.17, 15) is 20.2 Å². The number of rotatable bonds is 9. The molecule has 0 radical (unpaired) electrons. The molecule has 0 N–H and O–H groups in total. The van der Waals surface area contributed by atoms with Gasteiger partial charge in [0.1, 0.15) is 0 Å². The van der Waals surface area contributed by atoms with Gasteiger partial charge in [-0.1, -0.05) is 0 Å². The molecule has 0 spiro atoms. The zero-order chi connectivity index (χ0) is 22.6. The van der Waals surface area contributed by atoms with Gasteiger partial charge in [-0.2, -0.15) is 0 Å². The summed E-state index contributed by atoms with van der Waals surface area (Å²) in [6, 6.07) is 2.24. The minimum absolute atomic E-state index is 0.00502. The molecular formula is C18H20N2O10. The van der Waals surface area contributed by atoms with Crippen LogP contribution in [0.25, 0.3) is 11.1 Å². The molecule has 0 amide bonds. The van der Waals surface area contributed by atoms with Gasteiger partial charge >= 0.3 is 11.4 Å². The van der Waals surface area contributed by atoms with Gasteiger partial charge in [-0.05, 0) is 0 Å². The number of ether oxygens (including phenoxy) is 6. The molecule has 0 aliphatic carbocycles. The van der Waals surface area contributed by atoms with Gasteiger partial charge in [0.15, 0.2) is 23.0 Å². The fraction of sp³-hybridized carbons (Fsp3) is 0.333. The van der Waals surface area contributed by atoms with Crippen LogP contribution < -0.4 is 28.4 Å². The van der Waals surface area contributed by atoms with Gasteiger partial charge in [0, 0.05) is 0 Å². The molecule has 0 fully saturated rings. The van der Waals surface area contributed by atoms with Crippen molar-refractivity contribution >= 4 is 11.4 Å². The number of hydrogen-bond acceptors (Lipinski definition) is 10. The van der Waals surface area contributed by atoms with Crippen LogP contribution in [0.1, 0.15) is 0 Å². The van der Waals surface area contributed by atoms with Crippen molar-refractivity contribution in [3.63, 3.8) is 0 Å². The second-order valence-corrected chi connectivity index (χ2v) is 5.59. The first kappa shape index (κ1) is 22.3. The molecule has 0 aromatic heterocycles.